The predicted molar refractivity (Wildman–Crippen MR) is 76.6 cm³/mol. The molecule has 0 atom stereocenters. The third-order valence-electron chi connectivity index (χ3n) is 3.54. The summed E-state index contributed by atoms with van der Waals surface area (Å²) in [5, 5.41) is 2.80. The second-order valence-electron chi connectivity index (χ2n) is 5.17. The van der Waals surface area contributed by atoms with Crippen molar-refractivity contribution in [3.8, 4) is 0 Å². The van der Waals surface area contributed by atoms with Gasteiger partial charge in [-0.05, 0) is 25.3 Å². The second-order valence-corrected chi connectivity index (χ2v) is 5.17. The summed E-state index contributed by atoms with van der Waals surface area (Å²) in [5.74, 6) is -0.220. The quantitative estimate of drug-likeness (QED) is 0.849. The van der Waals surface area contributed by atoms with Crippen LogP contribution < -0.4 is 16.6 Å². The van der Waals surface area contributed by atoms with Crippen molar-refractivity contribution in [2.24, 2.45) is 5.73 Å². The van der Waals surface area contributed by atoms with Crippen molar-refractivity contribution in [3.05, 3.63) is 28.7 Å². The minimum atomic E-state index is -0.885. The van der Waals surface area contributed by atoms with Gasteiger partial charge in [-0.25, -0.2) is 0 Å². The Morgan fingerprint density at radius 2 is 2.15 bits per heavy atom. The maximum absolute atomic E-state index is 12.3. The topological polar surface area (TPSA) is 86.3 Å². The van der Waals surface area contributed by atoms with Gasteiger partial charge in [0.15, 0.2) is 0 Å². The summed E-state index contributed by atoms with van der Waals surface area (Å²) < 4.78 is 6.81. The van der Waals surface area contributed by atoms with E-state index in [0.29, 0.717) is 38.3 Å². The number of ether oxygens (including phenoxy) is 1. The summed E-state index contributed by atoms with van der Waals surface area (Å²) in [5.41, 5.74) is 5.76. The molecule has 1 amide bonds. The van der Waals surface area contributed by atoms with E-state index in [1.165, 1.54) is 6.07 Å². The van der Waals surface area contributed by atoms with Crippen LogP contribution in [0.3, 0.4) is 0 Å². The lowest BCUT2D eigenvalue weighted by atomic mass is 9.90. The highest BCUT2D eigenvalue weighted by Gasteiger charge is 2.35. The molecular weight excluding hydrogens is 258 g/mol. The molecule has 0 aliphatic carbocycles. The molecule has 110 valence electrons. The summed E-state index contributed by atoms with van der Waals surface area (Å²) in [6.45, 7) is 3.62. The minimum Gasteiger partial charge on any atom is -0.381 e. The van der Waals surface area contributed by atoms with E-state index in [9.17, 15) is 9.59 Å². The zero-order valence-electron chi connectivity index (χ0n) is 11.7. The number of amides is 1. The van der Waals surface area contributed by atoms with Crippen molar-refractivity contribution < 1.29 is 9.53 Å². The number of nitrogens with two attached hydrogens (primary N) is 1. The molecule has 1 saturated heterocycles. The van der Waals surface area contributed by atoms with Crippen molar-refractivity contribution in [1.82, 2.24) is 4.57 Å². The first-order valence-electron chi connectivity index (χ1n) is 6.94. The average Bonchev–Trinajstić information content (AvgIpc) is 2.43. The van der Waals surface area contributed by atoms with Gasteiger partial charge in [-0.15, -0.1) is 0 Å². The van der Waals surface area contributed by atoms with Gasteiger partial charge in [0, 0.05) is 32.0 Å². The van der Waals surface area contributed by atoms with E-state index in [2.05, 4.69) is 5.32 Å². The number of pyridine rings is 1. The molecule has 0 bridgehead atoms. The fourth-order valence-corrected chi connectivity index (χ4v) is 2.24. The molecule has 0 spiro atoms. The van der Waals surface area contributed by atoms with E-state index in [0.717, 1.165) is 6.42 Å². The summed E-state index contributed by atoms with van der Waals surface area (Å²) in [6.07, 6.45) is 3.53. The molecule has 1 fully saturated rings. The molecule has 0 radical (unpaired) electrons. The van der Waals surface area contributed by atoms with Crippen LogP contribution in [0.4, 0.5) is 5.69 Å². The molecule has 20 heavy (non-hydrogen) atoms. The summed E-state index contributed by atoms with van der Waals surface area (Å²) in [7, 11) is 0. The zero-order chi connectivity index (χ0) is 14.6. The fraction of sp³-hybridized carbons (Fsp3) is 0.571. The molecule has 6 nitrogen and oxygen atoms in total. The largest absolute Gasteiger partial charge is 0.381 e. The lowest BCUT2D eigenvalue weighted by Crippen LogP contribution is -2.54. The zero-order valence-corrected chi connectivity index (χ0v) is 11.7. The second kappa shape index (κ2) is 6.19. The van der Waals surface area contributed by atoms with Crippen LogP contribution >= 0.6 is 0 Å². The van der Waals surface area contributed by atoms with Gasteiger partial charge in [-0.2, -0.15) is 0 Å². The van der Waals surface area contributed by atoms with Gasteiger partial charge >= 0.3 is 0 Å². The molecule has 2 heterocycles. The van der Waals surface area contributed by atoms with Gasteiger partial charge in [0.2, 0.25) is 5.91 Å². The number of anilines is 1. The number of hydrogen-bond donors (Lipinski definition) is 2. The van der Waals surface area contributed by atoms with Crippen LogP contribution in [0.1, 0.15) is 26.2 Å². The van der Waals surface area contributed by atoms with E-state index in [-0.39, 0.29) is 11.5 Å². The summed E-state index contributed by atoms with van der Waals surface area (Å²) >= 11 is 0. The first-order valence-corrected chi connectivity index (χ1v) is 6.94. The van der Waals surface area contributed by atoms with Crippen molar-refractivity contribution in [2.75, 3.05) is 18.5 Å². The molecule has 0 aromatic carbocycles. The molecule has 1 aromatic heterocycles. The van der Waals surface area contributed by atoms with Gasteiger partial charge in [0.1, 0.15) is 5.54 Å². The van der Waals surface area contributed by atoms with E-state index in [1.54, 1.807) is 16.8 Å². The molecule has 0 unspecified atom stereocenters. The number of nitrogens with zero attached hydrogens (tertiary/aromatic N) is 1. The van der Waals surface area contributed by atoms with Crippen LogP contribution in [0.25, 0.3) is 0 Å². The van der Waals surface area contributed by atoms with Crippen LogP contribution in [-0.2, 0) is 16.1 Å². The molecule has 3 N–H and O–H groups in total. The lowest BCUT2D eigenvalue weighted by Gasteiger charge is -2.31. The third-order valence-corrected chi connectivity index (χ3v) is 3.54. The molecule has 0 saturated carbocycles. The van der Waals surface area contributed by atoms with Crippen LogP contribution in [0.15, 0.2) is 23.1 Å². The molecule has 1 aromatic rings. The monoisotopic (exact) mass is 279 g/mol. The SMILES string of the molecule is CCCn1cc(NC(=O)C2(N)CCOCC2)ccc1=O. The van der Waals surface area contributed by atoms with Crippen LogP contribution in [-0.4, -0.2) is 29.2 Å². The van der Waals surface area contributed by atoms with Crippen LogP contribution in [0.5, 0.6) is 0 Å². The number of aromatic nitrogens is 1. The van der Waals surface area contributed by atoms with Crippen molar-refractivity contribution >= 4 is 11.6 Å². The first-order chi connectivity index (χ1) is 9.55. The standard InChI is InChI=1S/C14H21N3O3/c1-2-7-17-10-11(3-4-12(17)18)16-13(19)14(15)5-8-20-9-6-14/h3-4,10H,2,5-9,15H2,1H3,(H,16,19). The Labute approximate surface area is 117 Å². The Kier molecular flexibility index (Phi) is 4.57. The number of aryl methyl sites for hydroxylation is 1. The number of carbonyl (C=O) groups is 1. The normalized spacial score (nSPS) is 17.7. The number of hydrogen-bond acceptors (Lipinski definition) is 4. The summed E-state index contributed by atoms with van der Waals surface area (Å²) in [4.78, 5) is 23.9. The molecule has 1 aliphatic heterocycles. The van der Waals surface area contributed by atoms with Gasteiger partial charge in [0.25, 0.3) is 5.56 Å². The van der Waals surface area contributed by atoms with Crippen LogP contribution in [0, 0.1) is 0 Å². The Morgan fingerprint density at radius 1 is 1.45 bits per heavy atom. The van der Waals surface area contributed by atoms with Crippen molar-refractivity contribution in [2.45, 2.75) is 38.3 Å². The van der Waals surface area contributed by atoms with E-state index >= 15 is 0 Å². The molecular formula is C14H21N3O3. The number of carbonyl (C=O) groups excluding carboxylic acids is 1. The van der Waals surface area contributed by atoms with E-state index in [4.69, 9.17) is 10.5 Å². The maximum atomic E-state index is 12.3. The van der Waals surface area contributed by atoms with Gasteiger partial charge in [-0.1, -0.05) is 6.92 Å². The van der Waals surface area contributed by atoms with Crippen LogP contribution in [0.2, 0.25) is 0 Å². The highest BCUT2D eigenvalue weighted by Crippen LogP contribution is 2.19. The van der Waals surface area contributed by atoms with Crippen molar-refractivity contribution in [3.63, 3.8) is 0 Å². The Balaban J connectivity index is 2.11. The minimum absolute atomic E-state index is 0.0709. The highest BCUT2D eigenvalue weighted by molar-refractivity contribution is 5.97. The fourth-order valence-electron chi connectivity index (χ4n) is 2.24. The van der Waals surface area contributed by atoms with Gasteiger partial charge < -0.3 is 20.4 Å². The van der Waals surface area contributed by atoms with Gasteiger partial charge in [0.05, 0.1) is 5.69 Å². The smallest absolute Gasteiger partial charge is 0.250 e. The lowest BCUT2D eigenvalue weighted by molar-refractivity contribution is -0.124. The first kappa shape index (κ1) is 14.7. The van der Waals surface area contributed by atoms with E-state index < -0.39 is 5.54 Å². The van der Waals surface area contributed by atoms with Gasteiger partial charge in [-0.3, -0.25) is 9.59 Å². The van der Waals surface area contributed by atoms with Crippen molar-refractivity contribution in [1.29, 1.82) is 0 Å². The maximum Gasteiger partial charge on any atom is 0.250 e. The Bertz CT molecular complexity index is 533. The number of rotatable bonds is 4. The highest BCUT2D eigenvalue weighted by atomic mass is 16.5. The van der Waals surface area contributed by atoms with E-state index in [1.807, 2.05) is 6.92 Å². The molecule has 1 aliphatic rings. The molecule has 2 rings (SSSR count). The number of nitrogens with one attached hydrogen (secondary N) is 1. The Morgan fingerprint density at radius 3 is 2.80 bits per heavy atom. The third kappa shape index (κ3) is 3.26. The average molecular weight is 279 g/mol. The molecule has 6 heteroatoms. The Hall–Kier alpha value is -1.66. The predicted octanol–water partition coefficient (Wildman–Crippen LogP) is 0.705. The summed E-state index contributed by atoms with van der Waals surface area (Å²) in [6, 6.07) is 3.06.